The number of rotatable bonds is 10. The lowest BCUT2D eigenvalue weighted by Gasteiger charge is -2.31. The summed E-state index contributed by atoms with van der Waals surface area (Å²) in [6, 6.07) is 20.9. The van der Waals surface area contributed by atoms with E-state index in [1.165, 1.54) is 0 Å². The molecular formula is C27H27BrCl4N2O2. The Morgan fingerprint density at radius 3 is 2.36 bits per heavy atom. The topological polar surface area (TPSA) is 24.9 Å². The fourth-order valence-corrected chi connectivity index (χ4v) is 4.69. The number of ether oxygens (including phenoxy) is 2. The molecule has 0 amide bonds. The molecule has 0 saturated carbocycles. The molecule has 0 aromatic heterocycles. The molecule has 0 aliphatic carbocycles. The number of halogens is 5. The first-order valence-electron chi connectivity index (χ1n) is 11.2. The summed E-state index contributed by atoms with van der Waals surface area (Å²) in [7, 11) is 0. The van der Waals surface area contributed by atoms with Crippen LogP contribution in [0.1, 0.15) is 22.8 Å². The number of hydrogen-bond donors (Lipinski definition) is 0. The molecule has 2 atom stereocenters. The van der Waals surface area contributed by atoms with Gasteiger partial charge in [-0.25, -0.2) is 0 Å². The van der Waals surface area contributed by atoms with Gasteiger partial charge in [0.05, 0.1) is 19.8 Å². The van der Waals surface area contributed by atoms with Crippen LogP contribution in [0, 0.1) is 6.92 Å². The van der Waals surface area contributed by atoms with E-state index in [2.05, 4.69) is 4.90 Å². The molecule has 1 aliphatic heterocycles. The molecule has 1 heterocycles. The van der Waals surface area contributed by atoms with Gasteiger partial charge in [0.1, 0.15) is 24.0 Å². The van der Waals surface area contributed by atoms with Crippen LogP contribution in [0.2, 0.25) is 15.1 Å². The summed E-state index contributed by atoms with van der Waals surface area (Å²) in [6.45, 7) is 4.26. The van der Waals surface area contributed by atoms with Crippen molar-refractivity contribution in [3.63, 3.8) is 0 Å². The molecule has 4 rings (SSSR count). The van der Waals surface area contributed by atoms with Gasteiger partial charge in [-0.1, -0.05) is 82.8 Å². The number of alkyl halides is 1. The van der Waals surface area contributed by atoms with Gasteiger partial charge in [-0.05, 0) is 53.9 Å². The Morgan fingerprint density at radius 2 is 1.64 bits per heavy atom. The molecule has 0 bridgehead atoms. The maximum atomic E-state index is 6.98. The molecule has 3 aromatic rings. The average molecular weight is 633 g/mol. The van der Waals surface area contributed by atoms with Gasteiger partial charge < -0.3 is 19.3 Å². The third-order valence-electron chi connectivity index (χ3n) is 5.74. The molecule has 0 radical (unpaired) electrons. The number of benzene rings is 3. The Morgan fingerprint density at radius 1 is 0.917 bits per heavy atom. The van der Waals surface area contributed by atoms with Crippen LogP contribution in [-0.2, 0) is 11.3 Å². The van der Waals surface area contributed by atoms with Gasteiger partial charge in [-0.15, -0.1) is 17.0 Å². The van der Waals surface area contributed by atoms with Crippen LogP contribution < -0.4 is 4.74 Å². The van der Waals surface area contributed by atoms with Crippen molar-refractivity contribution in [2.24, 2.45) is 0 Å². The molecule has 36 heavy (non-hydrogen) atoms. The minimum absolute atomic E-state index is 0. The van der Waals surface area contributed by atoms with Crippen molar-refractivity contribution in [2.45, 2.75) is 25.1 Å². The van der Waals surface area contributed by atoms with Gasteiger partial charge >= 0.3 is 0 Å². The Hall–Kier alpha value is -1.60. The minimum atomic E-state index is -0.458. The first-order valence-corrected chi connectivity index (χ1v) is 12.8. The van der Waals surface area contributed by atoms with E-state index in [9.17, 15) is 0 Å². The number of para-hydroxylation sites is 1. The van der Waals surface area contributed by atoms with Crippen molar-refractivity contribution in [1.29, 1.82) is 0 Å². The molecule has 3 aromatic carbocycles. The summed E-state index contributed by atoms with van der Waals surface area (Å²) in [6.07, 6.45) is 3.58. The van der Waals surface area contributed by atoms with Crippen LogP contribution in [0.25, 0.3) is 0 Å². The van der Waals surface area contributed by atoms with E-state index in [4.69, 9.17) is 55.9 Å². The second-order valence-electron chi connectivity index (χ2n) is 8.27. The van der Waals surface area contributed by atoms with E-state index in [1.807, 2.05) is 78.8 Å². The molecule has 9 heteroatoms. The SMILES string of the molecule is Br.Cc1ccccc1OCCN1C=CN(C(Cl)C(OCc2ccc(Cl)cc2Cl)c2ccc(Cl)cc2)C1. The zero-order chi connectivity index (χ0) is 24.8. The van der Waals surface area contributed by atoms with Gasteiger partial charge in [0.2, 0.25) is 0 Å². The van der Waals surface area contributed by atoms with Gasteiger partial charge in [-0.2, -0.15) is 0 Å². The predicted molar refractivity (Wildman–Crippen MR) is 155 cm³/mol. The van der Waals surface area contributed by atoms with Crippen LogP contribution in [0.3, 0.4) is 0 Å². The summed E-state index contributed by atoms with van der Waals surface area (Å²) in [5.41, 5.74) is 2.43. The van der Waals surface area contributed by atoms with E-state index in [1.54, 1.807) is 12.1 Å². The largest absolute Gasteiger partial charge is 0.491 e. The molecule has 0 fully saturated rings. The van der Waals surface area contributed by atoms with Gasteiger partial charge in [0, 0.05) is 27.5 Å². The van der Waals surface area contributed by atoms with Crippen molar-refractivity contribution in [1.82, 2.24) is 9.80 Å². The molecule has 2 unspecified atom stereocenters. The number of aryl methyl sites for hydroxylation is 1. The van der Waals surface area contributed by atoms with Crippen molar-refractivity contribution in [3.05, 3.63) is 111 Å². The number of hydrogen-bond acceptors (Lipinski definition) is 4. The Bertz CT molecular complexity index is 1160. The Labute approximate surface area is 243 Å². The monoisotopic (exact) mass is 630 g/mol. The molecule has 4 nitrogen and oxygen atoms in total. The summed E-state index contributed by atoms with van der Waals surface area (Å²) in [4.78, 5) is 4.20. The van der Waals surface area contributed by atoms with Crippen LogP contribution in [0.4, 0.5) is 0 Å². The van der Waals surface area contributed by atoms with Crippen molar-refractivity contribution < 1.29 is 9.47 Å². The molecular weight excluding hydrogens is 606 g/mol. The van der Waals surface area contributed by atoms with E-state index in [0.29, 0.717) is 28.3 Å². The second-order valence-corrected chi connectivity index (χ2v) is 10.00. The normalized spacial score (nSPS) is 14.5. The highest BCUT2D eigenvalue weighted by Crippen LogP contribution is 2.33. The lowest BCUT2D eigenvalue weighted by atomic mass is 10.1. The Kier molecular flexibility index (Phi) is 11.1. The lowest BCUT2D eigenvalue weighted by molar-refractivity contribution is 0.00650. The molecule has 0 spiro atoms. The standard InChI is InChI=1S/C27H26Cl4N2O2.BrH/c1-19-4-2-3-5-25(19)34-15-14-32-12-13-33(18-32)27(31)26(20-6-9-22(28)10-7-20)35-17-21-8-11-23(29)16-24(21)30;/h2-13,16,26-27H,14-15,17-18H2,1H3;1H. The third-order valence-corrected chi connectivity index (χ3v) is 7.06. The maximum Gasteiger partial charge on any atom is 0.135 e. The third kappa shape index (κ3) is 7.70. The first kappa shape index (κ1) is 29.0. The van der Waals surface area contributed by atoms with E-state index in [-0.39, 0.29) is 23.6 Å². The smallest absolute Gasteiger partial charge is 0.135 e. The summed E-state index contributed by atoms with van der Waals surface area (Å²) >= 11 is 25.5. The first-order chi connectivity index (χ1) is 16.9. The van der Waals surface area contributed by atoms with Crippen molar-refractivity contribution in [3.8, 4) is 5.75 Å². The van der Waals surface area contributed by atoms with Crippen molar-refractivity contribution in [2.75, 3.05) is 19.8 Å². The molecule has 192 valence electrons. The fraction of sp³-hybridized carbons (Fsp3) is 0.259. The maximum absolute atomic E-state index is 6.98. The average Bonchev–Trinajstić information content (AvgIpc) is 3.31. The molecule has 0 saturated heterocycles. The van der Waals surface area contributed by atoms with Gasteiger partial charge in [-0.3, -0.25) is 0 Å². The van der Waals surface area contributed by atoms with E-state index in [0.717, 1.165) is 29.0 Å². The quantitative estimate of drug-likeness (QED) is 0.165. The minimum Gasteiger partial charge on any atom is -0.491 e. The Balaban J connectivity index is 0.00000361. The van der Waals surface area contributed by atoms with Crippen LogP contribution in [0.15, 0.2) is 79.1 Å². The van der Waals surface area contributed by atoms with Crippen LogP contribution in [-0.4, -0.2) is 35.1 Å². The second kappa shape index (κ2) is 13.8. The lowest BCUT2D eigenvalue weighted by Crippen LogP contribution is -2.36. The highest BCUT2D eigenvalue weighted by Gasteiger charge is 2.29. The molecule has 1 aliphatic rings. The highest BCUT2D eigenvalue weighted by molar-refractivity contribution is 8.93. The van der Waals surface area contributed by atoms with E-state index >= 15 is 0 Å². The summed E-state index contributed by atoms with van der Waals surface area (Å²) in [5.74, 6) is 0.903. The van der Waals surface area contributed by atoms with Crippen LogP contribution in [0.5, 0.6) is 5.75 Å². The highest BCUT2D eigenvalue weighted by atomic mass is 79.9. The molecule has 0 N–H and O–H groups in total. The summed E-state index contributed by atoms with van der Waals surface area (Å²) in [5, 5.41) is 1.79. The zero-order valence-electron chi connectivity index (χ0n) is 19.6. The van der Waals surface area contributed by atoms with E-state index < -0.39 is 11.6 Å². The zero-order valence-corrected chi connectivity index (χ0v) is 24.4. The fourth-order valence-electron chi connectivity index (χ4n) is 3.76. The van der Waals surface area contributed by atoms with Gasteiger partial charge in [0.25, 0.3) is 0 Å². The number of nitrogens with zero attached hydrogens (tertiary/aromatic N) is 2. The van der Waals surface area contributed by atoms with Crippen LogP contribution >= 0.6 is 63.4 Å². The van der Waals surface area contributed by atoms with Crippen molar-refractivity contribution >= 4 is 63.4 Å². The van der Waals surface area contributed by atoms with Gasteiger partial charge in [0.15, 0.2) is 0 Å². The summed E-state index contributed by atoms with van der Waals surface area (Å²) < 4.78 is 12.3. The predicted octanol–water partition coefficient (Wildman–Crippen LogP) is 8.48.